The summed E-state index contributed by atoms with van der Waals surface area (Å²) in [5.74, 6) is -0.104. The monoisotopic (exact) mass is 374 g/mol. The van der Waals surface area contributed by atoms with Crippen LogP contribution in [0.25, 0.3) is 0 Å². The molecular weight excluding hydrogens is 348 g/mol. The first-order valence-electron chi connectivity index (χ1n) is 8.78. The fourth-order valence-electron chi connectivity index (χ4n) is 2.60. The van der Waals surface area contributed by atoms with Crippen LogP contribution in [0.15, 0.2) is 59.5 Å². The van der Waals surface area contributed by atoms with Crippen molar-refractivity contribution in [1.29, 1.82) is 0 Å². The third-order valence-corrected chi connectivity index (χ3v) is 5.79. The molecule has 0 fully saturated rings. The maximum Gasteiger partial charge on any atom is 0.253 e. The van der Waals surface area contributed by atoms with Gasteiger partial charge in [0.2, 0.25) is 10.0 Å². The van der Waals surface area contributed by atoms with Crippen LogP contribution >= 0.6 is 0 Å². The summed E-state index contributed by atoms with van der Waals surface area (Å²) >= 11 is 0. The van der Waals surface area contributed by atoms with Crippen LogP contribution in [0.1, 0.15) is 48.7 Å². The van der Waals surface area contributed by atoms with E-state index < -0.39 is 10.0 Å². The summed E-state index contributed by atoms with van der Waals surface area (Å²) in [4.78, 5) is 14.1. The van der Waals surface area contributed by atoms with Gasteiger partial charge in [-0.3, -0.25) is 4.79 Å². The lowest BCUT2D eigenvalue weighted by Gasteiger charge is -2.17. The second kappa shape index (κ2) is 8.96. The van der Waals surface area contributed by atoms with E-state index in [1.54, 1.807) is 31.0 Å². The van der Waals surface area contributed by atoms with E-state index >= 15 is 0 Å². The molecule has 26 heavy (non-hydrogen) atoms. The van der Waals surface area contributed by atoms with Crippen molar-refractivity contribution in [3.8, 4) is 0 Å². The smallest absolute Gasteiger partial charge is 0.253 e. The lowest BCUT2D eigenvalue weighted by Crippen LogP contribution is -2.28. The number of benzene rings is 2. The first-order chi connectivity index (χ1) is 12.3. The van der Waals surface area contributed by atoms with Gasteiger partial charge < -0.3 is 4.90 Å². The van der Waals surface area contributed by atoms with E-state index in [0.29, 0.717) is 12.1 Å². The number of hydrogen-bond donors (Lipinski definition) is 1. The number of rotatable bonds is 8. The Labute approximate surface area is 156 Å². The minimum absolute atomic E-state index is 0.104. The van der Waals surface area contributed by atoms with Crippen LogP contribution in [-0.2, 0) is 10.0 Å². The summed E-state index contributed by atoms with van der Waals surface area (Å²) < 4.78 is 27.8. The normalized spacial score (nSPS) is 12.6. The molecule has 5 nitrogen and oxygen atoms in total. The van der Waals surface area contributed by atoms with Gasteiger partial charge in [0.1, 0.15) is 0 Å². The van der Waals surface area contributed by atoms with Crippen LogP contribution in [0.5, 0.6) is 0 Å². The van der Waals surface area contributed by atoms with Gasteiger partial charge >= 0.3 is 0 Å². The van der Waals surface area contributed by atoms with Crippen molar-refractivity contribution in [2.24, 2.45) is 0 Å². The third-order valence-electron chi connectivity index (χ3n) is 4.24. The predicted octanol–water partition coefficient (Wildman–Crippen LogP) is 3.60. The van der Waals surface area contributed by atoms with E-state index in [4.69, 9.17) is 0 Å². The molecule has 0 spiro atoms. The van der Waals surface area contributed by atoms with E-state index in [-0.39, 0.29) is 16.8 Å². The van der Waals surface area contributed by atoms with Crippen LogP contribution in [0.3, 0.4) is 0 Å². The number of carbonyl (C=O) groups is 1. The Morgan fingerprint density at radius 2 is 1.69 bits per heavy atom. The molecule has 0 saturated heterocycles. The van der Waals surface area contributed by atoms with E-state index in [9.17, 15) is 13.2 Å². The highest BCUT2D eigenvalue weighted by molar-refractivity contribution is 7.89. The fourth-order valence-corrected chi connectivity index (χ4v) is 3.84. The molecule has 0 bridgehead atoms. The highest BCUT2D eigenvalue weighted by Crippen LogP contribution is 2.17. The van der Waals surface area contributed by atoms with Gasteiger partial charge in [-0.2, -0.15) is 0 Å². The second-order valence-corrected chi connectivity index (χ2v) is 8.07. The van der Waals surface area contributed by atoms with Gasteiger partial charge in [-0.1, -0.05) is 43.7 Å². The molecule has 0 aliphatic carbocycles. The van der Waals surface area contributed by atoms with E-state index in [1.807, 2.05) is 30.3 Å². The molecule has 0 aromatic heterocycles. The largest absolute Gasteiger partial charge is 0.342 e. The Morgan fingerprint density at radius 3 is 2.27 bits per heavy atom. The standard InChI is InChI=1S/C20H26N2O3S/c1-4-5-15-22(3)20(23)18-11-13-19(14-12-18)26(24,25)21-16(2)17-9-7-6-8-10-17/h6-14,16,21H,4-5,15H2,1-3H3. The average molecular weight is 375 g/mol. The van der Waals surface area contributed by atoms with Crippen molar-refractivity contribution >= 4 is 15.9 Å². The van der Waals surface area contributed by atoms with E-state index in [1.165, 1.54) is 12.1 Å². The number of carbonyl (C=O) groups excluding carboxylic acids is 1. The maximum absolute atomic E-state index is 12.6. The van der Waals surface area contributed by atoms with Crippen LogP contribution < -0.4 is 4.72 Å². The number of nitrogens with one attached hydrogen (secondary N) is 1. The third kappa shape index (κ3) is 5.16. The Morgan fingerprint density at radius 1 is 1.08 bits per heavy atom. The lowest BCUT2D eigenvalue weighted by molar-refractivity contribution is 0.0793. The second-order valence-electron chi connectivity index (χ2n) is 6.36. The van der Waals surface area contributed by atoms with Crippen LogP contribution in [0.4, 0.5) is 0 Å². The van der Waals surface area contributed by atoms with Gasteiger partial charge in [0.05, 0.1) is 4.90 Å². The molecule has 2 aromatic carbocycles. The summed E-state index contributed by atoms with van der Waals surface area (Å²) in [5.41, 5.74) is 1.37. The summed E-state index contributed by atoms with van der Waals surface area (Å²) in [6, 6.07) is 15.1. The van der Waals surface area contributed by atoms with Crippen LogP contribution in [-0.4, -0.2) is 32.8 Å². The molecule has 2 aromatic rings. The fraction of sp³-hybridized carbons (Fsp3) is 0.350. The van der Waals surface area contributed by atoms with E-state index in [2.05, 4.69) is 11.6 Å². The minimum atomic E-state index is -3.66. The molecule has 2 rings (SSSR count). The Bertz CT molecular complexity index is 818. The zero-order valence-corrected chi connectivity index (χ0v) is 16.3. The van der Waals surface area contributed by atoms with Crippen molar-refractivity contribution in [3.63, 3.8) is 0 Å². The molecular formula is C20H26N2O3S. The van der Waals surface area contributed by atoms with Gasteiger partial charge in [-0.25, -0.2) is 13.1 Å². The Hall–Kier alpha value is -2.18. The van der Waals surface area contributed by atoms with Crippen LogP contribution in [0.2, 0.25) is 0 Å². The number of unbranched alkanes of at least 4 members (excludes halogenated alkanes) is 1. The molecule has 1 amide bonds. The van der Waals surface area contributed by atoms with Gasteiger partial charge in [-0.15, -0.1) is 0 Å². The first kappa shape index (κ1) is 20.1. The number of hydrogen-bond acceptors (Lipinski definition) is 3. The molecule has 0 saturated carbocycles. The molecule has 6 heteroatoms. The molecule has 140 valence electrons. The molecule has 1 N–H and O–H groups in total. The van der Waals surface area contributed by atoms with E-state index in [0.717, 1.165) is 18.4 Å². The summed E-state index contributed by atoms with van der Waals surface area (Å²) in [6.45, 7) is 4.56. The lowest BCUT2D eigenvalue weighted by atomic mass is 10.1. The van der Waals surface area contributed by atoms with Gasteiger partial charge in [0.15, 0.2) is 0 Å². The average Bonchev–Trinajstić information content (AvgIpc) is 2.66. The molecule has 0 heterocycles. The molecule has 0 radical (unpaired) electrons. The van der Waals surface area contributed by atoms with Crippen LogP contribution in [0, 0.1) is 0 Å². The minimum Gasteiger partial charge on any atom is -0.342 e. The van der Waals surface area contributed by atoms with Crippen molar-refractivity contribution in [1.82, 2.24) is 9.62 Å². The topological polar surface area (TPSA) is 66.5 Å². The number of sulfonamides is 1. The van der Waals surface area contributed by atoms with Crippen molar-refractivity contribution in [3.05, 3.63) is 65.7 Å². The molecule has 0 aliphatic rings. The van der Waals surface area contributed by atoms with Crippen molar-refractivity contribution in [2.75, 3.05) is 13.6 Å². The van der Waals surface area contributed by atoms with Gasteiger partial charge in [0.25, 0.3) is 5.91 Å². The molecule has 1 atom stereocenters. The molecule has 1 unspecified atom stereocenters. The maximum atomic E-state index is 12.6. The van der Waals surface area contributed by atoms with Gasteiger partial charge in [-0.05, 0) is 43.2 Å². The van der Waals surface area contributed by atoms with Crippen molar-refractivity contribution in [2.45, 2.75) is 37.6 Å². The summed E-state index contributed by atoms with van der Waals surface area (Å²) in [5, 5.41) is 0. The number of amides is 1. The zero-order valence-electron chi connectivity index (χ0n) is 15.5. The Balaban J connectivity index is 2.10. The quantitative estimate of drug-likeness (QED) is 0.768. The van der Waals surface area contributed by atoms with Gasteiger partial charge in [0, 0.05) is 25.2 Å². The SMILES string of the molecule is CCCCN(C)C(=O)c1ccc(S(=O)(=O)NC(C)c2ccccc2)cc1. The first-order valence-corrected chi connectivity index (χ1v) is 10.3. The Kier molecular flexibility index (Phi) is 6.94. The highest BCUT2D eigenvalue weighted by atomic mass is 32.2. The predicted molar refractivity (Wildman–Crippen MR) is 103 cm³/mol. The number of nitrogens with zero attached hydrogens (tertiary/aromatic N) is 1. The molecule has 0 aliphatic heterocycles. The summed E-state index contributed by atoms with van der Waals surface area (Å²) in [6.07, 6.45) is 1.95. The highest BCUT2D eigenvalue weighted by Gasteiger charge is 2.19. The zero-order chi connectivity index (χ0) is 19.2. The summed E-state index contributed by atoms with van der Waals surface area (Å²) in [7, 11) is -1.90. The van der Waals surface area contributed by atoms with Crippen molar-refractivity contribution < 1.29 is 13.2 Å².